The summed E-state index contributed by atoms with van der Waals surface area (Å²) >= 11 is 0. The molecule has 55 valence electrons. The fourth-order valence-corrected chi connectivity index (χ4v) is 0.0824. The molecule has 1 N–H and O–H groups in total. The standard InChI is InChI=1S/C3H3F4O2/c4-1-2(5,6)3(7,8)9/h8H,1H2. The Labute approximate surface area is 47.7 Å². The molecule has 0 aliphatic heterocycles. The summed E-state index contributed by atoms with van der Waals surface area (Å²) in [5.41, 5.74) is 0. The number of aliphatic hydroxyl groups is 1. The van der Waals surface area contributed by atoms with Crippen LogP contribution in [0.5, 0.6) is 0 Å². The molecule has 0 saturated carbocycles. The Morgan fingerprint density at radius 2 is 1.67 bits per heavy atom. The van der Waals surface area contributed by atoms with Gasteiger partial charge in [-0.25, -0.2) is 4.39 Å². The summed E-state index contributed by atoms with van der Waals surface area (Å²) < 4.78 is 44.8. The molecule has 2 nitrogen and oxygen atoms in total. The molecular formula is C3H3F4O2. The summed E-state index contributed by atoms with van der Waals surface area (Å²) in [7, 11) is 0. The van der Waals surface area contributed by atoms with E-state index in [-0.39, 0.29) is 0 Å². The first kappa shape index (κ1) is 8.64. The van der Waals surface area contributed by atoms with Crippen molar-refractivity contribution in [2.24, 2.45) is 0 Å². The van der Waals surface area contributed by atoms with E-state index in [1.54, 1.807) is 0 Å². The van der Waals surface area contributed by atoms with Crippen LogP contribution in [0.15, 0.2) is 0 Å². The Morgan fingerprint density at radius 3 is 1.67 bits per heavy atom. The van der Waals surface area contributed by atoms with Gasteiger partial charge in [-0.1, -0.05) is 0 Å². The highest BCUT2D eigenvalue weighted by molar-refractivity contribution is 4.72. The van der Waals surface area contributed by atoms with Crippen LogP contribution >= 0.6 is 0 Å². The second kappa shape index (κ2) is 2.11. The summed E-state index contributed by atoms with van der Waals surface area (Å²) in [4.78, 5) is 0. The Bertz CT molecular complexity index is 96.5. The van der Waals surface area contributed by atoms with E-state index in [1.165, 1.54) is 0 Å². The lowest BCUT2D eigenvalue weighted by Crippen LogP contribution is -2.44. The monoisotopic (exact) mass is 147 g/mol. The highest BCUT2D eigenvalue weighted by atomic mass is 19.3. The topological polar surface area (TPSA) is 40.1 Å². The van der Waals surface area contributed by atoms with Gasteiger partial charge in [0, 0.05) is 0 Å². The predicted molar refractivity (Wildman–Crippen MR) is 17.7 cm³/mol. The third-order valence-electron chi connectivity index (χ3n) is 0.619. The lowest BCUT2D eigenvalue weighted by Gasteiger charge is -2.17. The van der Waals surface area contributed by atoms with Gasteiger partial charge in [0.25, 0.3) is 0 Å². The van der Waals surface area contributed by atoms with Gasteiger partial charge in [-0.15, -0.1) is 0 Å². The third kappa shape index (κ3) is 1.79. The van der Waals surface area contributed by atoms with Crippen LogP contribution in [0, 0.1) is 0 Å². The zero-order valence-corrected chi connectivity index (χ0v) is 4.07. The van der Waals surface area contributed by atoms with Crippen molar-refractivity contribution in [3.63, 3.8) is 0 Å². The fourth-order valence-electron chi connectivity index (χ4n) is 0.0824. The Kier molecular flexibility index (Phi) is 2.02. The maximum atomic E-state index is 11.3. The van der Waals surface area contributed by atoms with Crippen LogP contribution < -0.4 is 0 Å². The highest BCUT2D eigenvalue weighted by Gasteiger charge is 2.55. The maximum Gasteiger partial charge on any atom is 0.411 e. The molecule has 0 fully saturated rings. The van der Waals surface area contributed by atoms with Gasteiger partial charge in [-0.3, -0.25) is 0 Å². The molecule has 0 aromatic rings. The molecule has 1 unspecified atom stereocenters. The molecule has 9 heavy (non-hydrogen) atoms. The van der Waals surface area contributed by atoms with E-state index in [0.29, 0.717) is 0 Å². The minimum Gasteiger partial charge on any atom is -0.333 e. The molecule has 1 radical (unpaired) electrons. The maximum absolute atomic E-state index is 11.3. The van der Waals surface area contributed by atoms with E-state index >= 15 is 0 Å². The molecule has 1 atom stereocenters. The van der Waals surface area contributed by atoms with Crippen molar-refractivity contribution in [2.45, 2.75) is 12.0 Å². The molecule has 0 aromatic carbocycles. The largest absolute Gasteiger partial charge is 0.411 e. The van der Waals surface area contributed by atoms with Crippen LogP contribution in [0.3, 0.4) is 0 Å². The molecule has 0 amide bonds. The lowest BCUT2D eigenvalue weighted by atomic mass is 10.3. The van der Waals surface area contributed by atoms with Crippen molar-refractivity contribution in [3.05, 3.63) is 0 Å². The van der Waals surface area contributed by atoms with E-state index in [9.17, 15) is 22.7 Å². The van der Waals surface area contributed by atoms with Crippen LogP contribution in [-0.2, 0) is 5.11 Å². The molecule has 0 aliphatic carbocycles. The van der Waals surface area contributed by atoms with Gasteiger partial charge in [0.05, 0.1) is 0 Å². The smallest absolute Gasteiger partial charge is 0.333 e. The number of rotatable bonds is 2. The Balaban J connectivity index is 4.14. The minimum absolute atomic E-state index is 2.51. The first-order chi connectivity index (χ1) is 3.81. The fraction of sp³-hybridized carbons (Fsp3) is 1.00. The third-order valence-corrected chi connectivity index (χ3v) is 0.619. The molecule has 0 rings (SSSR count). The summed E-state index contributed by atoms with van der Waals surface area (Å²) in [5.74, 6) is -4.85. The first-order valence-corrected chi connectivity index (χ1v) is 1.87. The lowest BCUT2D eigenvalue weighted by molar-refractivity contribution is -0.394. The molecular weight excluding hydrogens is 144 g/mol. The summed E-state index contributed by atoms with van der Waals surface area (Å²) in [6.45, 7) is -2.51. The van der Waals surface area contributed by atoms with E-state index in [4.69, 9.17) is 5.11 Å². The number of halogens is 4. The van der Waals surface area contributed by atoms with Crippen LogP contribution in [0.2, 0.25) is 0 Å². The van der Waals surface area contributed by atoms with E-state index in [0.717, 1.165) is 0 Å². The van der Waals surface area contributed by atoms with Crippen molar-refractivity contribution in [1.82, 2.24) is 0 Å². The molecule has 0 heterocycles. The minimum atomic E-state index is -5.01. The Hall–Kier alpha value is -0.360. The zero-order valence-electron chi connectivity index (χ0n) is 4.07. The first-order valence-electron chi connectivity index (χ1n) is 1.87. The Morgan fingerprint density at radius 1 is 1.33 bits per heavy atom. The zero-order chi connectivity index (χ0) is 7.71. The normalized spacial score (nSPS) is 14.0. The van der Waals surface area contributed by atoms with Crippen LogP contribution in [-0.4, -0.2) is 23.7 Å². The van der Waals surface area contributed by atoms with Gasteiger partial charge in [-0.05, 0) is 0 Å². The highest BCUT2D eigenvalue weighted by Crippen LogP contribution is 2.28. The van der Waals surface area contributed by atoms with Gasteiger partial charge in [0.15, 0.2) is 6.67 Å². The second-order valence-electron chi connectivity index (χ2n) is 1.40. The number of hydrogen-bond acceptors (Lipinski definition) is 1. The van der Waals surface area contributed by atoms with Gasteiger partial charge in [0.1, 0.15) is 0 Å². The number of alkyl halides is 4. The summed E-state index contributed by atoms with van der Waals surface area (Å²) in [5, 5.41) is 16.6. The molecule has 0 spiro atoms. The van der Waals surface area contributed by atoms with E-state index in [1.807, 2.05) is 0 Å². The van der Waals surface area contributed by atoms with Crippen molar-refractivity contribution in [1.29, 1.82) is 0 Å². The second-order valence-corrected chi connectivity index (χ2v) is 1.40. The molecule has 0 aromatic heterocycles. The predicted octanol–water partition coefficient (Wildman–Crippen LogP) is 0.637. The molecule has 6 heteroatoms. The van der Waals surface area contributed by atoms with Crippen molar-refractivity contribution < 1.29 is 27.8 Å². The molecule has 0 aliphatic rings. The van der Waals surface area contributed by atoms with Crippen LogP contribution in [0.1, 0.15) is 0 Å². The van der Waals surface area contributed by atoms with Gasteiger partial charge in [-0.2, -0.15) is 18.3 Å². The van der Waals surface area contributed by atoms with Crippen molar-refractivity contribution in [3.8, 4) is 0 Å². The summed E-state index contributed by atoms with van der Waals surface area (Å²) in [6.07, 6.45) is 0. The van der Waals surface area contributed by atoms with Crippen LogP contribution in [0.25, 0.3) is 0 Å². The molecule has 0 bridgehead atoms. The van der Waals surface area contributed by atoms with Crippen LogP contribution in [0.4, 0.5) is 17.6 Å². The average molecular weight is 147 g/mol. The average Bonchev–Trinajstić information content (AvgIpc) is 1.64. The summed E-state index contributed by atoms with van der Waals surface area (Å²) in [6, 6.07) is -5.01. The van der Waals surface area contributed by atoms with E-state index in [2.05, 4.69) is 0 Å². The van der Waals surface area contributed by atoms with Gasteiger partial charge < -0.3 is 5.11 Å². The van der Waals surface area contributed by atoms with Gasteiger partial charge in [0.2, 0.25) is 0 Å². The van der Waals surface area contributed by atoms with Gasteiger partial charge >= 0.3 is 12.0 Å². The molecule has 0 saturated heterocycles. The van der Waals surface area contributed by atoms with Crippen molar-refractivity contribution in [2.75, 3.05) is 6.67 Å². The van der Waals surface area contributed by atoms with Crippen molar-refractivity contribution >= 4 is 0 Å². The van der Waals surface area contributed by atoms with E-state index < -0.39 is 18.6 Å². The quantitative estimate of drug-likeness (QED) is 0.451. The SMILES string of the molecule is [O]C(O)(F)C(F)(F)CF. The number of hydrogen-bond donors (Lipinski definition) is 1.